The molecule has 58 heavy (non-hydrogen) atoms. The highest BCUT2D eigenvalue weighted by Crippen LogP contribution is 2.15. The summed E-state index contributed by atoms with van der Waals surface area (Å²) in [6.07, 6.45) is 55.8. The molecule has 0 aliphatic heterocycles. The van der Waals surface area contributed by atoms with Crippen LogP contribution in [0.15, 0.2) is 60.8 Å². The Morgan fingerprint density at radius 1 is 0.517 bits per heavy atom. The number of esters is 1. The van der Waals surface area contributed by atoms with Gasteiger partial charge in [0.15, 0.2) is 0 Å². The Bertz CT molecular complexity index is 1050. The largest absolute Gasteiger partial charge is 0.461 e. The number of aliphatic hydroxyl groups is 2. The lowest BCUT2D eigenvalue weighted by Crippen LogP contribution is -2.46. The molecular formula is C52H93NO5. The number of ether oxygens (including phenoxy) is 1. The number of carbonyl (C=O) groups excluding carboxylic acids is 2. The summed E-state index contributed by atoms with van der Waals surface area (Å²) in [7, 11) is 0. The van der Waals surface area contributed by atoms with E-state index in [1.165, 1.54) is 116 Å². The highest BCUT2D eigenvalue weighted by atomic mass is 16.5. The van der Waals surface area contributed by atoms with Gasteiger partial charge >= 0.3 is 5.97 Å². The number of carbonyl (C=O) groups is 2. The quantitative estimate of drug-likeness (QED) is 0.0324. The second-order valence-corrected chi connectivity index (χ2v) is 16.5. The summed E-state index contributed by atoms with van der Waals surface area (Å²) < 4.78 is 5.84. The summed E-state index contributed by atoms with van der Waals surface area (Å²) in [5.41, 5.74) is 0. The van der Waals surface area contributed by atoms with Crippen molar-refractivity contribution < 1.29 is 24.5 Å². The SMILES string of the molecule is CCCCC/C=C\C/C=C\C/C=C\C/C=C\CC(CC(=O)NC(CO)C(O)CCCCCCCCCCCCC)OC(=O)CCCCC/C=C\CCCCCCCC. The molecule has 1 amide bonds. The minimum atomic E-state index is -0.813. The maximum absolute atomic E-state index is 13.1. The van der Waals surface area contributed by atoms with Crippen molar-refractivity contribution in [2.24, 2.45) is 0 Å². The van der Waals surface area contributed by atoms with E-state index in [0.717, 1.165) is 70.6 Å². The van der Waals surface area contributed by atoms with Crippen molar-refractivity contribution in [3.05, 3.63) is 60.8 Å². The first-order valence-electron chi connectivity index (χ1n) is 24.5. The Labute approximate surface area is 358 Å². The highest BCUT2D eigenvalue weighted by molar-refractivity contribution is 5.77. The Balaban J connectivity index is 4.77. The molecule has 0 aromatic rings. The number of rotatable bonds is 43. The lowest BCUT2D eigenvalue weighted by atomic mass is 10.0. The van der Waals surface area contributed by atoms with Gasteiger partial charge in [-0.3, -0.25) is 9.59 Å². The number of nitrogens with one attached hydrogen (secondary N) is 1. The highest BCUT2D eigenvalue weighted by Gasteiger charge is 2.23. The topological polar surface area (TPSA) is 95.9 Å². The Hall–Kier alpha value is -2.44. The van der Waals surface area contributed by atoms with Gasteiger partial charge in [-0.15, -0.1) is 0 Å². The molecule has 6 heteroatoms. The minimum Gasteiger partial charge on any atom is -0.461 e. The van der Waals surface area contributed by atoms with Crippen molar-refractivity contribution in [3.8, 4) is 0 Å². The predicted octanol–water partition coefficient (Wildman–Crippen LogP) is 14.5. The monoisotopic (exact) mass is 812 g/mol. The van der Waals surface area contributed by atoms with Crippen molar-refractivity contribution in [2.45, 2.75) is 251 Å². The molecule has 0 heterocycles. The van der Waals surface area contributed by atoms with Crippen LogP contribution in [-0.4, -0.2) is 46.9 Å². The van der Waals surface area contributed by atoms with Crippen LogP contribution in [0.5, 0.6) is 0 Å². The van der Waals surface area contributed by atoms with Gasteiger partial charge in [-0.2, -0.15) is 0 Å². The molecule has 0 aliphatic rings. The summed E-state index contributed by atoms with van der Waals surface area (Å²) in [5.74, 6) is -0.596. The van der Waals surface area contributed by atoms with Gasteiger partial charge in [0.1, 0.15) is 6.10 Å². The summed E-state index contributed by atoms with van der Waals surface area (Å²) in [5, 5.41) is 23.6. The van der Waals surface area contributed by atoms with Crippen LogP contribution in [0.2, 0.25) is 0 Å². The normalized spacial score (nSPS) is 13.8. The van der Waals surface area contributed by atoms with Gasteiger partial charge in [0, 0.05) is 12.8 Å². The van der Waals surface area contributed by atoms with E-state index >= 15 is 0 Å². The van der Waals surface area contributed by atoms with E-state index in [0.29, 0.717) is 19.3 Å². The van der Waals surface area contributed by atoms with Crippen LogP contribution in [0.25, 0.3) is 0 Å². The van der Waals surface area contributed by atoms with Crippen molar-refractivity contribution in [1.29, 1.82) is 0 Å². The van der Waals surface area contributed by atoms with E-state index in [1.54, 1.807) is 0 Å². The fourth-order valence-electron chi connectivity index (χ4n) is 7.05. The molecule has 0 rings (SSSR count). The van der Waals surface area contributed by atoms with E-state index in [4.69, 9.17) is 4.74 Å². The zero-order chi connectivity index (χ0) is 42.4. The Morgan fingerprint density at radius 3 is 1.43 bits per heavy atom. The minimum absolute atomic E-state index is 0.00513. The lowest BCUT2D eigenvalue weighted by Gasteiger charge is -2.24. The standard InChI is InChI=1S/C52H93NO5/c1-4-7-10-13-16-19-22-24-25-27-29-31-34-37-40-43-48(58-52(57)45-42-39-36-33-30-26-23-20-17-14-11-8-5-2)46-51(56)53-49(47-54)50(55)44-41-38-35-32-28-21-18-15-12-9-6-3/h16,19,24-26,29-31,37,40,48-50,54-55H,4-15,17-18,20-23,27-28,32-36,38-39,41-47H2,1-3H3,(H,53,56)/b19-16-,25-24-,30-26-,31-29-,40-37-. The van der Waals surface area contributed by atoms with Crippen LogP contribution in [0.3, 0.4) is 0 Å². The van der Waals surface area contributed by atoms with Crippen LogP contribution in [0.4, 0.5) is 0 Å². The van der Waals surface area contributed by atoms with Gasteiger partial charge in [0.05, 0.1) is 25.2 Å². The molecule has 0 fully saturated rings. The average Bonchev–Trinajstić information content (AvgIpc) is 3.22. The molecule has 3 atom stereocenters. The molecule has 3 N–H and O–H groups in total. The molecule has 0 aliphatic carbocycles. The van der Waals surface area contributed by atoms with Gasteiger partial charge < -0.3 is 20.3 Å². The summed E-state index contributed by atoms with van der Waals surface area (Å²) in [4.78, 5) is 26.0. The molecule has 0 bridgehead atoms. The molecule has 0 aromatic carbocycles. The third-order valence-corrected chi connectivity index (χ3v) is 10.8. The second-order valence-electron chi connectivity index (χ2n) is 16.5. The number of aliphatic hydroxyl groups excluding tert-OH is 2. The van der Waals surface area contributed by atoms with Crippen LogP contribution < -0.4 is 5.32 Å². The maximum Gasteiger partial charge on any atom is 0.306 e. The van der Waals surface area contributed by atoms with Gasteiger partial charge in [-0.1, -0.05) is 204 Å². The van der Waals surface area contributed by atoms with Gasteiger partial charge in [-0.05, 0) is 70.6 Å². The fourth-order valence-corrected chi connectivity index (χ4v) is 7.05. The van der Waals surface area contributed by atoms with Crippen molar-refractivity contribution >= 4 is 11.9 Å². The first-order valence-corrected chi connectivity index (χ1v) is 24.5. The van der Waals surface area contributed by atoms with E-state index in [1.807, 2.05) is 12.2 Å². The second kappa shape index (κ2) is 45.6. The average molecular weight is 812 g/mol. The molecule has 3 unspecified atom stereocenters. The first-order chi connectivity index (χ1) is 28.5. The smallest absolute Gasteiger partial charge is 0.306 e. The van der Waals surface area contributed by atoms with Crippen molar-refractivity contribution in [1.82, 2.24) is 5.32 Å². The molecule has 0 saturated heterocycles. The molecule has 336 valence electrons. The number of hydrogen-bond donors (Lipinski definition) is 3. The third-order valence-electron chi connectivity index (χ3n) is 10.8. The zero-order valence-corrected chi connectivity index (χ0v) is 38.2. The van der Waals surface area contributed by atoms with Crippen LogP contribution >= 0.6 is 0 Å². The molecular weight excluding hydrogens is 719 g/mol. The molecule has 0 saturated carbocycles. The lowest BCUT2D eigenvalue weighted by molar-refractivity contribution is -0.150. The first kappa shape index (κ1) is 55.6. The van der Waals surface area contributed by atoms with Crippen molar-refractivity contribution in [3.63, 3.8) is 0 Å². The number of hydrogen-bond acceptors (Lipinski definition) is 5. The predicted molar refractivity (Wildman–Crippen MR) is 250 cm³/mol. The Morgan fingerprint density at radius 2 is 0.914 bits per heavy atom. The number of amides is 1. The summed E-state index contributed by atoms with van der Waals surface area (Å²) >= 11 is 0. The van der Waals surface area contributed by atoms with Gasteiger partial charge in [0.25, 0.3) is 0 Å². The number of unbranched alkanes of at least 4 members (excludes halogenated alkanes) is 22. The molecule has 0 aromatic heterocycles. The van der Waals surface area contributed by atoms with Gasteiger partial charge in [-0.25, -0.2) is 0 Å². The van der Waals surface area contributed by atoms with Crippen molar-refractivity contribution in [2.75, 3.05) is 6.61 Å². The fraction of sp³-hybridized carbons (Fsp3) is 0.769. The maximum atomic E-state index is 13.1. The molecule has 0 spiro atoms. The van der Waals surface area contributed by atoms with E-state index in [9.17, 15) is 19.8 Å². The van der Waals surface area contributed by atoms with Crippen LogP contribution in [0, 0.1) is 0 Å². The van der Waals surface area contributed by atoms with Crippen LogP contribution in [0.1, 0.15) is 233 Å². The summed E-state index contributed by atoms with van der Waals surface area (Å²) in [6.45, 7) is 6.40. The molecule has 6 nitrogen and oxygen atoms in total. The number of allylic oxidation sites excluding steroid dienone is 9. The molecule has 0 radical (unpaired) electrons. The third kappa shape index (κ3) is 40.3. The van der Waals surface area contributed by atoms with Gasteiger partial charge in [0.2, 0.25) is 5.91 Å². The van der Waals surface area contributed by atoms with Crippen LogP contribution in [-0.2, 0) is 14.3 Å². The van der Waals surface area contributed by atoms with E-state index in [2.05, 4.69) is 74.7 Å². The zero-order valence-electron chi connectivity index (χ0n) is 38.2. The van der Waals surface area contributed by atoms with E-state index < -0.39 is 18.2 Å². The summed E-state index contributed by atoms with van der Waals surface area (Å²) in [6, 6.07) is -0.733. The van der Waals surface area contributed by atoms with E-state index in [-0.39, 0.29) is 24.9 Å². The Kier molecular flexibility index (Phi) is 43.7.